The van der Waals surface area contributed by atoms with E-state index >= 15 is 0 Å². The van der Waals surface area contributed by atoms with E-state index in [4.69, 9.17) is 19.4 Å². The van der Waals surface area contributed by atoms with E-state index in [0.29, 0.717) is 0 Å². The molecule has 6 atom stereocenters. The summed E-state index contributed by atoms with van der Waals surface area (Å²) in [7, 11) is -17.1. The summed E-state index contributed by atoms with van der Waals surface area (Å²) in [5.41, 5.74) is 0. The molecule has 2 rings (SSSR count). The molecule has 2 unspecified atom stereocenters. The quantitative estimate of drug-likeness (QED) is 0.286. The van der Waals surface area contributed by atoms with Gasteiger partial charge in [-0.3, -0.25) is 9.52 Å². The van der Waals surface area contributed by atoms with Gasteiger partial charge in [0.25, 0.3) is 5.85 Å². The van der Waals surface area contributed by atoms with Crippen LogP contribution in [0.2, 0.25) is 0 Å². The lowest BCUT2D eigenvalue weighted by Gasteiger charge is -2.26. The molecule has 0 aromatic rings. The summed E-state index contributed by atoms with van der Waals surface area (Å²) in [4.78, 5) is 39.9. The smallest absolute Gasteiger partial charge is 0.384 e. The zero-order valence-electron chi connectivity index (χ0n) is 13.0. The lowest BCUT2D eigenvalue weighted by atomic mass is 10.1. The molecule has 0 saturated carbocycles. The Balaban J connectivity index is 2.01. The number of ether oxygens (including phenoxy) is 1. The van der Waals surface area contributed by atoms with Gasteiger partial charge in [-0.05, 0) is 0 Å². The second kappa shape index (κ2) is 7.82. The lowest BCUT2D eigenvalue weighted by Crippen LogP contribution is -2.42. The van der Waals surface area contributed by atoms with Gasteiger partial charge < -0.3 is 34.3 Å². The summed E-state index contributed by atoms with van der Waals surface area (Å²) in [6.07, 6.45) is -5.24. The number of rotatable bonds is 8. The number of aliphatic hydroxyl groups is 1. The molecule has 0 radical (unpaired) electrons. The van der Waals surface area contributed by atoms with Crippen molar-refractivity contribution in [1.82, 2.24) is 4.90 Å². The molecule has 5 N–H and O–H groups in total. The summed E-state index contributed by atoms with van der Waals surface area (Å²) in [5, 5.41) is 9.66. The van der Waals surface area contributed by atoms with Crippen LogP contribution in [0.4, 0.5) is 8.78 Å². The lowest BCUT2D eigenvalue weighted by molar-refractivity contribution is -0.206. The minimum Gasteiger partial charge on any atom is -0.384 e. The molecule has 0 bridgehead atoms. The summed E-state index contributed by atoms with van der Waals surface area (Å²) in [6.45, 7) is -1.22. The molecule has 158 valence electrons. The fourth-order valence-corrected chi connectivity index (χ4v) is 5.19. The molecule has 2 aliphatic rings. The maximum absolute atomic E-state index is 14.6. The molecule has 1 saturated heterocycles. The Morgan fingerprint density at radius 1 is 1.22 bits per heavy atom. The third kappa shape index (κ3) is 6.07. The summed E-state index contributed by atoms with van der Waals surface area (Å²) in [5.74, 6) is -3.36. The fourth-order valence-electron chi connectivity index (χ4n) is 2.16. The van der Waals surface area contributed by atoms with Crippen LogP contribution >= 0.6 is 23.5 Å². The molecule has 0 amide bonds. The van der Waals surface area contributed by atoms with Crippen LogP contribution in [0.15, 0.2) is 4.99 Å². The summed E-state index contributed by atoms with van der Waals surface area (Å²) < 4.78 is 77.5. The van der Waals surface area contributed by atoms with Crippen molar-refractivity contribution < 1.29 is 65.0 Å². The number of phosphoric ester groups is 1. The van der Waals surface area contributed by atoms with Gasteiger partial charge in [0.05, 0.1) is 12.9 Å². The zero-order chi connectivity index (χ0) is 20.7. The Morgan fingerprint density at radius 3 is 2.37 bits per heavy atom. The number of hydrogen-bond acceptors (Lipinski definition) is 10. The molecule has 0 aromatic carbocycles. The van der Waals surface area contributed by atoms with Crippen LogP contribution < -0.4 is 0 Å². The molecule has 2 aliphatic heterocycles. The van der Waals surface area contributed by atoms with E-state index in [-0.39, 0.29) is 13.1 Å². The van der Waals surface area contributed by atoms with Crippen molar-refractivity contribution in [2.75, 3.05) is 19.7 Å². The molecule has 27 heavy (non-hydrogen) atoms. The second-order valence-electron chi connectivity index (χ2n) is 5.31. The highest BCUT2D eigenvalue weighted by molar-refractivity contribution is 7.66. The van der Waals surface area contributed by atoms with Gasteiger partial charge in [-0.1, -0.05) is 0 Å². The number of phosphoric acid groups is 3. The third-order valence-electron chi connectivity index (χ3n) is 3.22. The average molecular weight is 462 g/mol. The van der Waals surface area contributed by atoms with Crippen LogP contribution in [0.3, 0.4) is 0 Å². The standard InChI is InChI=1S/C8H15F2N2O12P3/c9-5-6(13)8(10,22-7(5)12-2-1-11-4-12)3-21-26(17,18)24-27(19,20)23-25(14,15)16/h4-7,13H,1-3H2,(H,17,18)(H,19,20)(H2,14,15,16)/t5-,6+,7-,8-/m1/s1. The number of aliphatic hydroxyl groups excluding tert-OH is 1. The van der Waals surface area contributed by atoms with Crippen molar-refractivity contribution >= 4 is 29.8 Å². The molecule has 19 heteroatoms. The van der Waals surface area contributed by atoms with Crippen molar-refractivity contribution in [3.63, 3.8) is 0 Å². The molecular formula is C8H15F2N2O12P3. The second-order valence-corrected chi connectivity index (χ2v) is 9.73. The Labute approximate surface area is 149 Å². The third-order valence-corrected chi connectivity index (χ3v) is 7.00. The Kier molecular flexibility index (Phi) is 6.65. The van der Waals surface area contributed by atoms with Crippen LogP contribution in [0, 0.1) is 0 Å². The van der Waals surface area contributed by atoms with Crippen LogP contribution in [-0.4, -0.2) is 80.0 Å². The van der Waals surface area contributed by atoms with Crippen molar-refractivity contribution in [3.05, 3.63) is 0 Å². The van der Waals surface area contributed by atoms with Gasteiger partial charge in [-0.25, -0.2) is 22.5 Å². The van der Waals surface area contributed by atoms with Gasteiger partial charge in [0.15, 0.2) is 18.5 Å². The average Bonchev–Trinajstić information content (AvgIpc) is 3.06. The van der Waals surface area contributed by atoms with Gasteiger partial charge in [0, 0.05) is 6.54 Å². The van der Waals surface area contributed by atoms with E-state index in [9.17, 15) is 32.5 Å². The first-order valence-corrected chi connectivity index (χ1v) is 11.4. The number of hydrogen-bond donors (Lipinski definition) is 5. The topological polar surface area (TPSA) is 205 Å². The maximum atomic E-state index is 14.6. The van der Waals surface area contributed by atoms with Gasteiger partial charge in [-0.2, -0.15) is 8.62 Å². The largest absolute Gasteiger partial charge is 0.490 e. The zero-order valence-corrected chi connectivity index (χ0v) is 15.7. The minimum atomic E-state index is -5.80. The normalized spacial score (nSPS) is 36.0. The molecule has 1 fully saturated rings. The summed E-state index contributed by atoms with van der Waals surface area (Å²) in [6, 6.07) is 0. The molecule has 2 heterocycles. The van der Waals surface area contributed by atoms with Crippen LogP contribution in [0.25, 0.3) is 0 Å². The van der Waals surface area contributed by atoms with E-state index in [2.05, 4.69) is 18.1 Å². The molecular weight excluding hydrogens is 447 g/mol. The molecule has 0 spiro atoms. The number of alkyl halides is 2. The van der Waals surface area contributed by atoms with Crippen LogP contribution in [-0.2, 0) is 31.6 Å². The molecule has 0 aromatic heterocycles. The molecule has 14 nitrogen and oxygen atoms in total. The highest BCUT2D eigenvalue weighted by atomic mass is 31.3. The van der Waals surface area contributed by atoms with Gasteiger partial charge in [0.1, 0.15) is 6.61 Å². The van der Waals surface area contributed by atoms with Gasteiger partial charge in [0.2, 0.25) is 0 Å². The van der Waals surface area contributed by atoms with E-state index in [1.165, 1.54) is 0 Å². The Hall–Kier alpha value is -0.340. The van der Waals surface area contributed by atoms with E-state index in [1.807, 2.05) is 0 Å². The maximum Gasteiger partial charge on any atom is 0.490 e. The number of halogens is 2. The van der Waals surface area contributed by atoms with Crippen LogP contribution in [0.5, 0.6) is 0 Å². The Morgan fingerprint density at radius 2 is 1.85 bits per heavy atom. The predicted octanol–water partition coefficient (Wildman–Crippen LogP) is -0.605. The number of nitrogens with zero attached hydrogens (tertiary/aromatic N) is 2. The summed E-state index contributed by atoms with van der Waals surface area (Å²) >= 11 is 0. The van der Waals surface area contributed by atoms with Gasteiger partial charge in [-0.15, -0.1) is 0 Å². The first-order chi connectivity index (χ1) is 12.1. The number of aliphatic imine (C=N–C) groups is 1. The minimum absolute atomic E-state index is 0.157. The van der Waals surface area contributed by atoms with Crippen molar-refractivity contribution in [2.24, 2.45) is 4.99 Å². The van der Waals surface area contributed by atoms with Crippen molar-refractivity contribution in [1.29, 1.82) is 0 Å². The van der Waals surface area contributed by atoms with Crippen molar-refractivity contribution in [3.8, 4) is 0 Å². The highest BCUT2D eigenvalue weighted by Crippen LogP contribution is 2.66. The highest BCUT2D eigenvalue weighted by Gasteiger charge is 2.59. The van der Waals surface area contributed by atoms with Crippen LogP contribution in [0.1, 0.15) is 0 Å². The van der Waals surface area contributed by atoms with E-state index < -0.39 is 54.4 Å². The molecule has 0 aliphatic carbocycles. The van der Waals surface area contributed by atoms with Gasteiger partial charge >= 0.3 is 23.5 Å². The van der Waals surface area contributed by atoms with Crippen molar-refractivity contribution in [2.45, 2.75) is 24.4 Å². The predicted molar refractivity (Wildman–Crippen MR) is 79.5 cm³/mol. The first kappa shape index (κ1) is 22.9. The first-order valence-electron chi connectivity index (χ1n) is 6.87. The van der Waals surface area contributed by atoms with E-state index in [1.54, 1.807) is 0 Å². The Bertz CT molecular complexity index is 733. The monoisotopic (exact) mass is 462 g/mol. The fraction of sp³-hybridized carbons (Fsp3) is 0.875. The van der Waals surface area contributed by atoms with E-state index in [0.717, 1.165) is 11.2 Å². The SMILES string of the molecule is O=P(O)(O)OP(=O)(O)OP(=O)(O)OC[C@@]1(F)O[C@@H](N2C=NCC2)[C@H](F)[C@@H]1O.